The second-order valence-corrected chi connectivity index (χ2v) is 7.60. The van der Waals surface area contributed by atoms with Gasteiger partial charge in [-0.25, -0.2) is 4.39 Å². The van der Waals surface area contributed by atoms with E-state index in [4.69, 9.17) is 0 Å². The van der Waals surface area contributed by atoms with Gasteiger partial charge >= 0.3 is 0 Å². The van der Waals surface area contributed by atoms with Crippen LogP contribution >= 0.6 is 0 Å². The van der Waals surface area contributed by atoms with Gasteiger partial charge < -0.3 is 14.9 Å². The molecule has 0 radical (unpaired) electrons. The summed E-state index contributed by atoms with van der Waals surface area (Å²) in [4.78, 5) is 18.6. The fourth-order valence-electron chi connectivity index (χ4n) is 3.89. The van der Waals surface area contributed by atoms with E-state index in [2.05, 4.69) is 11.8 Å². The fraction of sp³-hybridized carbons (Fsp3) is 0.632. The van der Waals surface area contributed by atoms with Gasteiger partial charge in [-0.2, -0.15) is 0 Å². The van der Waals surface area contributed by atoms with Crippen LogP contribution < -0.4 is 4.90 Å². The van der Waals surface area contributed by atoms with E-state index < -0.39 is 0 Å². The van der Waals surface area contributed by atoms with E-state index in [-0.39, 0.29) is 23.7 Å². The van der Waals surface area contributed by atoms with Gasteiger partial charge in [0.25, 0.3) is 0 Å². The van der Waals surface area contributed by atoms with Crippen LogP contribution in [0.25, 0.3) is 0 Å². The molecule has 3 rings (SSSR count). The molecule has 0 saturated carbocycles. The average Bonchev–Trinajstić information content (AvgIpc) is 2.62. The van der Waals surface area contributed by atoms with Gasteiger partial charge in [-0.1, -0.05) is 19.1 Å². The van der Waals surface area contributed by atoms with Crippen molar-refractivity contribution in [1.82, 2.24) is 9.80 Å². The number of amides is 1. The number of hydrogen-bond donors (Lipinski definition) is 1. The van der Waals surface area contributed by atoms with Crippen molar-refractivity contribution in [3.05, 3.63) is 30.1 Å². The van der Waals surface area contributed by atoms with Gasteiger partial charge in [-0.05, 0) is 31.5 Å². The minimum atomic E-state index is -0.209. The summed E-state index contributed by atoms with van der Waals surface area (Å²) in [5.74, 6) is -0.0748. The predicted octanol–water partition coefficient (Wildman–Crippen LogP) is 1.57. The Labute approximate surface area is 149 Å². The third-order valence-corrected chi connectivity index (χ3v) is 5.43. The molecule has 1 amide bonds. The number of piperazine rings is 1. The highest BCUT2D eigenvalue weighted by Gasteiger charge is 2.32. The zero-order valence-corrected chi connectivity index (χ0v) is 15.0. The van der Waals surface area contributed by atoms with Gasteiger partial charge in [0.05, 0.1) is 12.2 Å². The Morgan fingerprint density at radius 2 is 1.92 bits per heavy atom. The Kier molecular flexibility index (Phi) is 5.59. The van der Waals surface area contributed by atoms with E-state index in [0.29, 0.717) is 38.4 Å². The molecule has 2 aliphatic heterocycles. The number of benzene rings is 1. The van der Waals surface area contributed by atoms with Gasteiger partial charge in [0.2, 0.25) is 5.91 Å². The quantitative estimate of drug-likeness (QED) is 0.896. The van der Waals surface area contributed by atoms with E-state index in [1.54, 1.807) is 12.1 Å². The molecule has 6 heteroatoms. The molecule has 0 aliphatic carbocycles. The molecule has 1 aromatic rings. The summed E-state index contributed by atoms with van der Waals surface area (Å²) in [7, 11) is 0. The van der Waals surface area contributed by atoms with Crippen LogP contribution in [0.2, 0.25) is 0 Å². The first-order valence-corrected chi connectivity index (χ1v) is 9.11. The smallest absolute Gasteiger partial charge is 0.236 e. The predicted molar refractivity (Wildman–Crippen MR) is 96.1 cm³/mol. The second-order valence-electron chi connectivity index (χ2n) is 7.60. The summed E-state index contributed by atoms with van der Waals surface area (Å²) >= 11 is 0. The zero-order chi connectivity index (χ0) is 17.9. The highest BCUT2D eigenvalue weighted by atomic mass is 19.1. The van der Waals surface area contributed by atoms with Gasteiger partial charge in [0.1, 0.15) is 5.82 Å². The molecular weight excluding hydrogens is 321 g/mol. The normalized spacial score (nSPS) is 25.2. The van der Waals surface area contributed by atoms with Gasteiger partial charge in [-0.15, -0.1) is 0 Å². The lowest BCUT2D eigenvalue weighted by Crippen LogP contribution is -2.53. The lowest BCUT2D eigenvalue weighted by molar-refractivity contribution is -0.133. The molecule has 2 aliphatic rings. The van der Waals surface area contributed by atoms with Crippen LogP contribution in [0, 0.1) is 11.2 Å². The molecule has 1 aromatic carbocycles. The summed E-state index contributed by atoms with van der Waals surface area (Å²) in [6.07, 6.45) is 2.03. The van der Waals surface area contributed by atoms with Crippen LogP contribution in [0.3, 0.4) is 0 Å². The Hall–Kier alpha value is -1.66. The van der Waals surface area contributed by atoms with Crippen molar-refractivity contribution in [2.45, 2.75) is 19.8 Å². The molecule has 2 fully saturated rings. The molecule has 1 N–H and O–H groups in total. The molecule has 138 valence electrons. The van der Waals surface area contributed by atoms with Crippen LogP contribution in [-0.4, -0.2) is 73.2 Å². The number of carbonyl (C=O) groups excluding carboxylic acids is 1. The largest absolute Gasteiger partial charge is 0.396 e. The number of hydrogen-bond acceptors (Lipinski definition) is 4. The number of carbonyl (C=O) groups is 1. The minimum Gasteiger partial charge on any atom is -0.396 e. The number of likely N-dealkylation sites (tertiary alicyclic amines) is 1. The number of para-hydroxylation sites is 1. The van der Waals surface area contributed by atoms with E-state index in [9.17, 15) is 14.3 Å². The van der Waals surface area contributed by atoms with Gasteiger partial charge in [0.15, 0.2) is 0 Å². The van der Waals surface area contributed by atoms with Crippen LogP contribution in [0.1, 0.15) is 19.8 Å². The maximum atomic E-state index is 13.9. The zero-order valence-electron chi connectivity index (χ0n) is 15.0. The first kappa shape index (κ1) is 18.1. The van der Waals surface area contributed by atoms with Crippen LogP contribution in [0.4, 0.5) is 10.1 Å². The van der Waals surface area contributed by atoms with Crippen molar-refractivity contribution in [1.29, 1.82) is 0 Å². The Bertz CT molecular complexity index is 604. The monoisotopic (exact) mass is 349 g/mol. The highest BCUT2D eigenvalue weighted by molar-refractivity contribution is 5.78. The molecule has 0 aromatic heterocycles. The highest BCUT2D eigenvalue weighted by Crippen LogP contribution is 2.28. The molecule has 2 heterocycles. The fourth-order valence-corrected chi connectivity index (χ4v) is 3.89. The number of aliphatic hydroxyl groups excluding tert-OH is 1. The molecule has 1 atom stereocenters. The Morgan fingerprint density at radius 3 is 2.60 bits per heavy atom. The first-order chi connectivity index (χ1) is 12.0. The summed E-state index contributed by atoms with van der Waals surface area (Å²) in [5, 5.41) is 9.55. The van der Waals surface area contributed by atoms with Crippen LogP contribution in [0.15, 0.2) is 24.3 Å². The topological polar surface area (TPSA) is 47.0 Å². The maximum Gasteiger partial charge on any atom is 0.236 e. The van der Waals surface area contributed by atoms with Crippen LogP contribution in [-0.2, 0) is 4.79 Å². The second kappa shape index (κ2) is 7.70. The average molecular weight is 349 g/mol. The SMILES string of the molecule is CC1(CO)CCCN(CC(=O)N2CCN(c3ccccc3F)CC2)C1. The van der Waals surface area contributed by atoms with Crippen molar-refractivity contribution in [2.75, 3.05) is 57.3 Å². The Morgan fingerprint density at radius 1 is 1.20 bits per heavy atom. The molecule has 0 spiro atoms. The van der Waals surface area contributed by atoms with E-state index >= 15 is 0 Å². The van der Waals surface area contributed by atoms with Crippen molar-refractivity contribution in [3.8, 4) is 0 Å². The number of nitrogens with zero attached hydrogens (tertiary/aromatic N) is 3. The third kappa shape index (κ3) is 4.30. The van der Waals surface area contributed by atoms with E-state index in [1.165, 1.54) is 6.07 Å². The molecule has 2 saturated heterocycles. The number of anilines is 1. The molecular formula is C19H28FN3O2. The summed E-state index contributed by atoms with van der Waals surface area (Å²) < 4.78 is 13.9. The van der Waals surface area contributed by atoms with Crippen molar-refractivity contribution in [2.24, 2.45) is 5.41 Å². The maximum absolute atomic E-state index is 13.9. The number of halogens is 1. The minimum absolute atomic E-state index is 0.0952. The number of rotatable bonds is 4. The summed E-state index contributed by atoms with van der Waals surface area (Å²) in [6, 6.07) is 6.79. The standard InChI is InChI=1S/C19H28FN3O2/c1-19(15-24)7-4-8-21(14-19)13-18(25)23-11-9-22(10-12-23)17-6-3-2-5-16(17)20/h2-3,5-6,24H,4,7-15H2,1H3. The van der Waals surface area contributed by atoms with E-state index in [1.807, 2.05) is 15.9 Å². The molecule has 25 heavy (non-hydrogen) atoms. The molecule has 1 unspecified atom stereocenters. The summed E-state index contributed by atoms with van der Waals surface area (Å²) in [6.45, 7) is 6.89. The van der Waals surface area contributed by atoms with Gasteiger partial charge in [-0.3, -0.25) is 9.69 Å². The molecule has 0 bridgehead atoms. The summed E-state index contributed by atoms with van der Waals surface area (Å²) in [5.41, 5.74) is 0.520. The Balaban J connectivity index is 1.51. The lowest BCUT2D eigenvalue weighted by Gasteiger charge is -2.41. The van der Waals surface area contributed by atoms with E-state index in [0.717, 1.165) is 25.9 Å². The lowest BCUT2D eigenvalue weighted by atomic mass is 9.83. The van der Waals surface area contributed by atoms with Gasteiger partial charge in [0, 0.05) is 44.7 Å². The number of aliphatic hydroxyl groups is 1. The number of piperidine rings is 1. The van der Waals surface area contributed by atoms with Crippen molar-refractivity contribution < 1.29 is 14.3 Å². The molecule has 5 nitrogen and oxygen atoms in total. The third-order valence-electron chi connectivity index (χ3n) is 5.43. The van der Waals surface area contributed by atoms with Crippen molar-refractivity contribution in [3.63, 3.8) is 0 Å². The first-order valence-electron chi connectivity index (χ1n) is 9.11. The van der Waals surface area contributed by atoms with Crippen molar-refractivity contribution >= 4 is 11.6 Å². The van der Waals surface area contributed by atoms with Crippen LogP contribution in [0.5, 0.6) is 0 Å².